The minimum atomic E-state index is -2.34. The maximum Gasteiger partial charge on any atom is 0.315 e. The fraction of sp³-hybridized carbons (Fsp3) is 0.679. The van der Waals surface area contributed by atoms with E-state index in [1.54, 1.807) is 92.8 Å². The molecular weight excluding hydrogens is 1010 g/mol. The minimum absolute atomic E-state index is 0.104. The van der Waals surface area contributed by atoms with Gasteiger partial charge in [-0.3, -0.25) is 4.79 Å². The van der Waals surface area contributed by atoms with Crippen molar-refractivity contribution in [2.24, 2.45) is 17.6 Å². The highest BCUT2D eigenvalue weighted by Gasteiger charge is 2.49. The molecule has 0 aromatic rings. The number of ether oxygens (including phenoxy) is 4. The fourth-order valence-electron chi connectivity index (χ4n) is 8.77. The first-order chi connectivity index (χ1) is 36.5. The summed E-state index contributed by atoms with van der Waals surface area (Å²) in [4.78, 5) is 38.2. The first-order valence-electron chi connectivity index (χ1n) is 26.2. The van der Waals surface area contributed by atoms with Crippen LogP contribution < -0.4 is 27.0 Å². The SMILES string of the molecule is C[C@@H]1[C@H](O)[C@@H](C)/C=C/C=C/C=C/C=C/C=C/C=C/C=C/[C@H](O[C@@H]2O[C@H](C)[C@@H](O)[C@H](N)[C@@H]2O)C[C@@H]2O[C@](O)(C[C@@H](O)C[C@@H](O)[C@H](O)CC[C@@H](O)C[C@@H](O)CC(=O)O[C@H]1C)C[C@H](O)[C@H]2NC(=O)NCCNC(=O)NC(CO)CO. The highest BCUT2D eigenvalue weighted by molar-refractivity contribution is 5.75. The van der Waals surface area contributed by atoms with Crippen LogP contribution in [0, 0.1) is 11.8 Å². The van der Waals surface area contributed by atoms with Crippen molar-refractivity contribution in [3.05, 3.63) is 85.1 Å². The molecule has 0 aliphatic carbocycles. The third-order valence-electron chi connectivity index (χ3n) is 13.5. The highest BCUT2D eigenvalue weighted by Crippen LogP contribution is 2.35. The Morgan fingerprint density at radius 1 is 0.675 bits per heavy atom. The van der Waals surface area contributed by atoms with Crippen molar-refractivity contribution >= 4 is 18.0 Å². The Morgan fingerprint density at radius 2 is 1.25 bits per heavy atom. The third-order valence-corrected chi connectivity index (χ3v) is 13.5. The normalized spacial score (nSPS) is 40.1. The summed E-state index contributed by atoms with van der Waals surface area (Å²) in [5.74, 6) is -3.85. The Hall–Kier alpha value is -4.45. The maximum atomic E-state index is 13.3. The Morgan fingerprint density at radius 3 is 1.84 bits per heavy atom. The monoisotopic (exact) mass is 1100 g/mol. The lowest BCUT2D eigenvalue weighted by atomic mass is 9.87. The molecule has 3 rings (SSSR count). The van der Waals surface area contributed by atoms with Gasteiger partial charge in [0.25, 0.3) is 0 Å². The number of hydrogen-bond acceptors (Lipinski definition) is 20. The minimum Gasteiger partial charge on any atom is -0.462 e. The summed E-state index contributed by atoms with van der Waals surface area (Å²) in [7, 11) is 0. The Bertz CT molecular complexity index is 1970. The molecule has 19 atom stereocenters. The predicted molar refractivity (Wildman–Crippen MR) is 281 cm³/mol. The van der Waals surface area contributed by atoms with E-state index in [-0.39, 0.29) is 44.7 Å². The van der Waals surface area contributed by atoms with Gasteiger partial charge in [0.05, 0.1) is 105 Å². The van der Waals surface area contributed by atoms with Gasteiger partial charge in [-0.2, -0.15) is 0 Å². The number of cyclic esters (lactones) is 1. The van der Waals surface area contributed by atoms with Gasteiger partial charge < -0.3 is 107 Å². The lowest BCUT2D eigenvalue weighted by molar-refractivity contribution is -0.303. The van der Waals surface area contributed by atoms with E-state index in [0.717, 1.165) is 0 Å². The van der Waals surface area contributed by atoms with Gasteiger partial charge in [-0.25, -0.2) is 9.59 Å². The Labute approximate surface area is 450 Å². The Kier molecular flexibility index (Phi) is 30.0. The fourth-order valence-corrected chi connectivity index (χ4v) is 8.77. The van der Waals surface area contributed by atoms with Gasteiger partial charge in [-0.05, 0) is 33.1 Å². The average Bonchev–Trinajstić information content (AvgIpc) is 3.36. The summed E-state index contributed by atoms with van der Waals surface area (Å²) in [6.07, 6.45) is 3.40. The zero-order chi connectivity index (χ0) is 57.2. The van der Waals surface area contributed by atoms with Crippen molar-refractivity contribution in [1.29, 1.82) is 0 Å². The molecule has 24 nitrogen and oxygen atoms in total. The zero-order valence-corrected chi connectivity index (χ0v) is 44.3. The number of esters is 1. The van der Waals surface area contributed by atoms with Gasteiger partial charge in [-0.1, -0.05) is 98.9 Å². The van der Waals surface area contributed by atoms with Gasteiger partial charge in [0.1, 0.15) is 12.2 Å². The van der Waals surface area contributed by atoms with Crippen LogP contribution in [-0.2, 0) is 23.7 Å². The molecule has 2 saturated heterocycles. The number of carbonyl (C=O) groups is 3. The van der Waals surface area contributed by atoms with Crippen molar-refractivity contribution in [1.82, 2.24) is 21.3 Å². The van der Waals surface area contributed by atoms with Crippen LogP contribution in [0.5, 0.6) is 0 Å². The van der Waals surface area contributed by atoms with E-state index in [1.165, 1.54) is 6.92 Å². The largest absolute Gasteiger partial charge is 0.462 e. The molecule has 24 heteroatoms. The number of hydrogen-bond donors (Lipinski definition) is 17. The van der Waals surface area contributed by atoms with Crippen LogP contribution in [0.15, 0.2) is 85.1 Å². The van der Waals surface area contributed by atoms with E-state index < -0.39 is 172 Å². The molecule has 3 aliphatic rings. The van der Waals surface area contributed by atoms with E-state index in [1.807, 2.05) is 13.0 Å². The smallest absolute Gasteiger partial charge is 0.315 e. The molecule has 2 bridgehead atoms. The standard InChI is InChI=1S/C53H87N5O19/c1-31-17-15-13-11-9-7-5-6-8-10-12-14-16-18-39(76-50-49(70)45(54)48(69)34(4)75-50)26-43-46(58-52(72)56-22-21-55-51(71)57-35(29-59)30-60)42(66)28-53(73,77-43)27-38(63)24-41(65)40(64)20-19-36(61)23-37(62)25-44(67)74-33(3)32(2)47(31)68/h5-18,31-43,45-50,59-66,68-70,73H,19-30,54H2,1-4H3,(H2,55,57,71)(H2,56,58,72)/b6-5+,9-7+,10-8+,13-11+,14-12+,17-15+,18-16+/t31-,32-,33-,34+,36+,37+,38-,39-,40+,41+,42-,43-,45-,46+,47+,48+,49-,50-,53+/m0/s1. The first-order valence-corrected chi connectivity index (χ1v) is 26.2. The second-order valence-electron chi connectivity index (χ2n) is 20.1. The second-order valence-corrected chi connectivity index (χ2v) is 20.1. The van der Waals surface area contributed by atoms with Crippen molar-refractivity contribution in [3.63, 3.8) is 0 Å². The van der Waals surface area contributed by atoms with E-state index in [4.69, 9.17) is 24.7 Å². The summed E-state index contributed by atoms with van der Waals surface area (Å²) >= 11 is 0. The summed E-state index contributed by atoms with van der Waals surface area (Å²) in [5.41, 5.74) is 6.11. The highest BCUT2D eigenvalue weighted by atomic mass is 16.7. The first kappa shape index (κ1) is 66.8. The molecule has 0 radical (unpaired) electrons. The van der Waals surface area contributed by atoms with Crippen LogP contribution in [0.4, 0.5) is 9.59 Å². The number of amides is 4. The summed E-state index contributed by atoms with van der Waals surface area (Å²) < 4.78 is 23.7. The summed E-state index contributed by atoms with van der Waals surface area (Å²) in [5, 5.41) is 139. The molecule has 0 aromatic heterocycles. The molecule has 3 heterocycles. The van der Waals surface area contributed by atoms with Crippen LogP contribution in [0.2, 0.25) is 0 Å². The van der Waals surface area contributed by atoms with Gasteiger partial charge in [0.2, 0.25) is 0 Å². The molecule has 3 aliphatic heterocycles. The number of nitrogens with one attached hydrogen (secondary N) is 4. The lowest BCUT2D eigenvalue weighted by Crippen LogP contribution is -2.64. The van der Waals surface area contributed by atoms with Crippen LogP contribution in [0.3, 0.4) is 0 Å². The number of nitrogens with two attached hydrogens (primary N) is 1. The topological polar surface area (TPSA) is 405 Å². The van der Waals surface area contributed by atoms with Crippen LogP contribution in [0.25, 0.3) is 0 Å². The molecule has 0 unspecified atom stereocenters. The predicted octanol–water partition coefficient (Wildman–Crippen LogP) is -1.67. The van der Waals surface area contributed by atoms with Crippen molar-refractivity contribution in [2.75, 3.05) is 26.3 Å². The molecule has 2 fully saturated rings. The van der Waals surface area contributed by atoms with Crippen molar-refractivity contribution in [3.8, 4) is 0 Å². The van der Waals surface area contributed by atoms with E-state index in [0.29, 0.717) is 0 Å². The van der Waals surface area contributed by atoms with Crippen LogP contribution in [-0.4, -0.2) is 215 Å². The van der Waals surface area contributed by atoms with Gasteiger partial charge in [0, 0.05) is 50.6 Å². The van der Waals surface area contributed by atoms with E-state index in [2.05, 4.69) is 21.3 Å². The maximum absolute atomic E-state index is 13.3. The van der Waals surface area contributed by atoms with Crippen molar-refractivity contribution in [2.45, 2.75) is 189 Å². The van der Waals surface area contributed by atoms with Crippen molar-refractivity contribution < 1.29 is 94.6 Å². The molecule has 0 spiro atoms. The molecule has 4 amide bonds. The van der Waals surface area contributed by atoms with E-state index >= 15 is 0 Å². The number of fused-ring (bicyclic) bond motifs is 2. The summed E-state index contributed by atoms with van der Waals surface area (Å²) in [6, 6.07) is -4.96. The molecule has 438 valence electrons. The molecule has 0 aromatic carbocycles. The number of aliphatic hydroxyl groups excluding tert-OH is 11. The Balaban J connectivity index is 1.92. The molecular formula is C53H87N5O19. The average molecular weight is 1100 g/mol. The van der Waals surface area contributed by atoms with Crippen LogP contribution >= 0.6 is 0 Å². The van der Waals surface area contributed by atoms with Gasteiger partial charge in [-0.15, -0.1) is 0 Å². The molecule has 77 heavy (non-hydrogen) atoms. The van der Waals surface area contributed by atoms with E-state index in [9.17, 15) is 75.7 Å². The third kappa shape index (κ3) is 24.2. The number of urea groups is 2. The number of rotatable bonds is 9. The van der Waals surface area contributed by atoms with Gasteiger partial charge in [0.15, 0.2) is 12.1 Å². The van der Waals surface area contributed by atoms with Gasteiger partial charge >= 0.3 is 18.0 Å². The van der Waals surface area contributed by atoms with Crippen LogP contribution in [0.1, 0.15) is 79.1 Å². The number of carbonyl (C=O) groups excluding carboxylic acids is 3. The second kappa shape index (κ2) is 34.5. The lowest BCUT2D eigenvalue weighted by Gasteiger charge is -2.46. The molecule has 0 saturated carbocycles. The zero-order valence-electron chi connectivity index (χ0n) is 44.3. The molecule has 18 N–H and O–H groups in total. The number of aliphatic hydroxyl groups is 12. The summed E-state index contributed by atoms with van der Waals surface area (Å²) in [6.45, 7) is 5.46. The number of allylic oxidation sites excluding steroid dienone is 12. The quantitative estimate of drug-likeness (QED) is 0.0907.